The van der Waals surface area contributed by atoms with E-state index in [0.717, 1.165) is 0 Å². The molecule has 0 bridgehead atoms. The molecule has 0 amide bonds. The van der Waals surface area contributed by atoms with Crippen molar-refractivity contribution in [2.75, 3.05) is 7.05 Å². The van der Waals surface area contributed by atoms with Gasteiger partial charge in [0, 0.05) is 5.54 Å². The molecule has 7 heteroatoms. The van der Waals surface area contributed by atoms with Crippen LogP contribution >= 0.6 is 7.82 Å². The molecule has 0 unspecified atom stereocenters. The molecule has 0 radical (unpaired) electrons. The highest BCUT2D eigenvalue weighted by Crippen LogP contribution is 2.35. The first kappa shape index (κ1) is 17.4. The molecule has 15 heavy (non-hydrogen) atoms. The Bertz CT molecular complexity index is 176. The van der Waals surface area contributed by atoms with E-state index in [2.05, 4.69) is 37.9 Å². The van der Waals surface area contributed by atoms with Crippen molar-refractivity contribution in [3.63, 3.8) is 0 Å². The zero-order valence-electron chi connectivity index (χ0n) is 9.66. The van der Waals surface area contributed by atoms with Crippen LogP contribution in [0.15, 0.2) is 0 Å². The Hall–Kier alpha value is -0.0000000000000000555. The molecule has 0 aliphatic heterocycles. The summed E-state index contributed by atoms with van der Waals surface area (Å²) >= 11 is 0. The van der Waals surface area contributed by atoms with Crippen LogP contribution in [-0.2, 0) is 9.29 Å². The molecule has 0 aliphatic rings. The topological polar surface area (TPSA) is 78.8 Å². The van der Waals surface area contributed by atoms with Crippen molar-refractivity contribution >= 4 is 7.82 Å². The van der Waals surface area contributed by atoms with Gasteiger partial charge in [0.05, 0.1) is 0 Å². The van der Waals surface area contributed by atoms with E-state index < -0.39 is 7.82 Å². The van der Waals surface area contributed by atoms with Crippen molar-refractivity contribution in [1.82, 2.24) is 5.32 Å². The summed E-state index contributed by atoms with van der Waals surface area (Å²) < 4.78 is 21.4. The number of nitrogens with one attached hydrogen (secondary N) is 1. The Balaban J connectivity index is 0. The summed E-state index contributed by atoms with van der Waals surface area (Å²) in [4.78, 5) is 14.7. The first-order chi connectivity index (χ1) is 6.80. The minimum atomic E-state index is -4.81. The Morgan fingerprint density at radius 1 is 1.27 bits per heavy atom. The van der Waals surface area contributed by atoms with Crippen LogP contribution in [-0.4, -0.2) is 22.4 Å². The Labute approximate surface area is 90.2 Å². The highest BCUT2D eigenvalue weighted by Gasteiger charge is 2.19. The predicted octanol–water partition coefficient (Wildman–Crippen LogP) is 2.15. The summed E-state index contributed by atoms with van der Waals surface area (Å²) in [6, 6.07) is 0. The van der Waals surface area contributed by atoms with Crippen molar-refractivity contribution in [3.8, 4) is 0 Å². The second-order valence-electron chi connectivity index (χ2n) is 3.15. The van der Waals surface area contributed by atoms with Gasteiger partial charge in [-0.15, -0.1) is 0 Å². The lowest BCUT2D eigenvalue weighted by molar-refractivity contribution is -0.0389. The van der Waals surface area contributed by atoms with E-state index in [9.17, 15) is 4.53 Å². The van der Waals surface area contributed by atoms with Crippen LogP contribution in [0.5, 0.6) is 0 Å². The second-order valence-corrected chi connectivity index (χ2v) is 4.27. The molecule has 0 saturated heterocycles. The summed E-state index contributed by atoms with van der Waals surface area (Å²) in [7, 11) is -2.76. The van der Waals surface area contributed by atoms with Gasteiger partial charge in [-0.25, -0.2) is 4.57 Å². The van der Waals surface area contributed by atoms with Crippen LogP contribution in [0.3, 0.4) is 0 Å². The summed E-state index contributed by atoms with van der Waals surface area (Å²) in [5.41, 5.74) is 0.417. The molecule has 0 fully saturated rings. The van der Waals surface area contributed by atoms with Crippen molar-refractivity contribution in [1.29, 1.82) is 0 Å². The number of halogens is 1. The first-order valence-electron chi connectivity index (χ1n) is 4.85. The average Bonchev–Trinajstić information content (AvgIpc) is 2.22. The summed E-state index contributed by atoms with van der Waals surface area (Å²) in [6.45, 7) is 6.72. The fourth-order valence-electron chi connectivity index (χ4n) is 1.28. The van der Waals surface area contributed by atoms with E-state index >= 15 is 0 Å². The quantitative estimate of drug-likeness (QED) is 0.647. The number of hydrogen-bond donors (Lipinski definition) is 3. The largest absolute Gasteiger partial charge is 0.500 e. The smallest absolute Gasteiger partial charge is 0.314 e. The fraction of sp³-hybridized carbons (Fsp3) is 1.00. The summed E-state index contributed by atoms with van der Waals surface area (Å²) in [5, 5.41) is 3.36. The van der Waals surface area contributed by atoms with Crippen LogP contribution in [0.1, 0.15) is 40.0 Å². The molecule has 0 aromatic heterocycles. The van der Waals surface area contributed by atoms with Gasteiger partial charge in [0.25, 0.3) is 0 Å². The van der Waals surface area contributed by atoms with Crippen molar-refractivity contribution in [2.45, 2.75) is 45.6 Å². The third-order valence-corrected chi connectivity index (χ3v) is 2.83. The average molecular weight is 245 g/mol. The minimum absolute atomic E-state index is 0.417. The van der Waals surface area contributed by atoms with E-state index in [1.54, 1.807) is 0 Å². The van der Waals surface area contributed by atoms with Gasteiger partial charge in [-0.05, 0) is 30.8 Å². The van der Waals surface area contributed by atoms with E-state index in [1.165, 1.54) is 19.3 Å². The molecule has 3 N–H and O–H groups in total. The lowest BCUT2D eigenvalue weighted by Gasteiger charge is -2.29. The number of phosphoric acid groups is 1. The maximum Gasteiger partial charge on any atom is 0.500 e. The monoisotopic (exact) mass is 245 g/mol. The first-order valence-corrected chi connectivity index (χ1v) is 6.38. The molecule has 0 aliphatic carbocycles. The highest BCUT2D eigenvalue weighted by molar-refractivity contribution is 7.46. The Morgan fingerprint density at radius 2 is 1.53 bits per heavy atom. The van der Waals surface area contributed by atoms with Crippen molar-refractivity contribution in [3.05, 3.63) is 0 Å². The molecular formula is C8H21FNO4P. The van der Waals surface area contributed by atoms with Crippen LogP contribution in [0.25, 0.3) is 0 Å². The molecule has 0 aromatic carbocycles. The lowest BCUT2D eigenvalue weighted by atomic mass is 9.90. The van der Waals surface area contributed by atoms with Gasteiger partial charge in [-0.3, -0.25) is 0 Å². The van der Waals surface area contributed by atoms with Gasteiger partial charge in [0.2, 0.25) is 0 Å². The highest BCUT2D eigenvalue weighted by atomic mass is 31.2. The van der Waals surface area contributed by atoms with Gasteiger partial charge in [0.1, 0.15) is 0 Å². The number of rotatable bonds is 5. The molecule has 0 heterocycles. The number of hydrogen-bond acceptors (Lipinski definition) is 3. The molecule has 5 nitrogen and oxygen atoms in total. The van der Waals surface area contributed by atoms with E-state index in [-0.39, 0.29) is 0 Å². The lowest BCUT2D eigenvalue weighted by Crippen LogP contribution is -2.40. The maximum atomic E-state index is 10.2. The molecule has 0 rings (SSSR count). The standard InChI is InChI=1S/C8H19N.FH2O4P/c1-5-8(6-2,7-3)9-4;1-5-6(2,3)4/h9H,5-7H2,1-4H3;(H2,2,3,4). The second kappa shape index (κ2) is 8.19. The van der Waals surface area contributed by atoms with Gasteiger partial charge in [-0.1, -0.05) is 25.5 Å². The predicted molar refractivity (Wildman–Crippen MR) is 56.9 cm³/mol. The molecule has 94 valence electrons. The molecule has 0 spiro atoms. The Kier molecular flexibility index (Phi) is 9.49. The third-order valence-electron chi connectivity index (χ3n) is 2.65. The van der Waals surface area contributed by atoms with Crippen LogP contribution in [0.4, 0.5) is 4.53 Å². The van der Waals surface area contributed by atoms with Gasteiger partial charge in [0.15, 0.2) is 0 Å². The van der Waals surface area contributed by atoms with Gasteiger partial charge in [-0.2, -0.15) is 0 Å². The molecule has 0 aromatic rings. The molecule has 0 atom stereocenters. The SMILES string of the molecule is CCC(CC)(CC)NC.O=P(O)(O)OF. The van der Waals surface area contributed by atoms with Crippen molar-refractivity contribution < 1.29 is 23.6 Å². The fourth-order valence-corrected chi connectivity index (χ4v) is 1.28. The zero-order valence-corrected chi connectivity index (χ0v) is 10.6. The van der Waals surface area contributed by atoms with Gasteiger partial charge < -0.3 is 15.1 Å². The van der Waals surface area contributed by atoms with Crippen LogP contribution in [0, 0.1) is 0 Å². The van der Waals surface area contributed by atoms with Crippen molar-refractivity contribution in [2.24, 2.45) is 0 Å². The van der Waals surface area contributed by atoms with Crippen LogP contribution < -0.4 is 5.32 Å². The Morgan fingerprint density at radius 3 is 1.53 bits per heavy atom. The third kappa shape index (κ3) is 8.96. The molecular weight excluding hydrogens is 224 g/mol. The molecule has 0 saturated carbocycles. The summed E-state index contributed by atoms with van der Waals surface area (Å²) in [6.07, 6.45) is 3.70. The minimum Gasteiger partial charge on any atom is -0.314 e. The maximum absolute atomic E-state index is 10.2. The normalized spacial score (nSPS) is 11.9. The van der Waals surface area contributed by atoms with Crippen LogP contribution in [0.2, 0.25) is 0 Å². The van der Waals surface area contributed by atoms with E-state index in [0.29, 0.717) is 5.54 Å². The van der Waals surface area contributed by atoms with E-state index in [4.69, 9.17) is 14.4 Å². The van der Waals surface area contributed by atoms with Gasteiger partial charge >= 0.3 is 7.82 Å². The summed E-state index contributed by atoms with van der Waals surface area (Å²) in [5.74, 6) is 0. The zero-order chi connectivity index (χ0) is 12.5. The van der Waals surface area contributed by atoms with E-state index in [1.807, 2.05) is 0 Å².